The van der Waals surface area contributed by atoms with Crippen LogP contribution in [0.5, 0.6) is 0 Å². The molecule has 0 atom stereocenters. The predicted molar refractivity (Wildman–Crippen MR) is 137 cm³/mol. The third-order valence-corrected chi connectivity index (χ3v) is 7.83. The van der Waals surface area contributed by atoms with Crippen molar-refractivity contribution in [2.75, 3.05) is 35.8 Å². The lowest BCUT2D eigenvalue weighted by Gasteiger charge is -2.36. The standard InChI is InChI=1S/C26H28ClN3O3S/c1-18-7-10-24(20(3)15-18)28-34(32,33)25-16-21(9-8-19(25)2)26(31)30-13-11-29(12-14-30)23-6-4-5-22(27)17-23/h4-10,15-17,28H,11-14H2,1-3H3. The van der Waals surface area contributed by atoms with Crippen molar-refractivity contribution in [3.05, 3.63) is 87.9 Å². The summed E-state index contributed by atoms with van der Waals surface area (Å²) in [5.74, 6) is -0.172. The summed E-state index contributed by atoms with van der Waals surface area (Å²) in [4.78, 5) is 17.3. The first-order chi connectivity index (χ1) is 16.1. The smallest absolute Gasteiger partial charge is 0.262 e. The van der Waals surface area contributed by atoms with Gasteiger partial charge in [-0.25, -0.2) is 8.42 Å². The van der Waals surface area contributed by atoms with E-state index < -0.39 is 10.0 Å². The van der Waals surface area contributed by atoms with E-state index in [1.54, 1.807) is 30.0 Å². The minimum atomic E-state index is -3.86. The van der Waals surface area contributed by atoms with Crippen molar-refractivity contribution >= 4 is 38.9 Å². The van der Waals surface area contributed by atoms with Gasteiger partial charge in [-0.1, -0.05) is 41.4 Å². The van der Waals surface area contributed by atoms with E-state index in [4.69, 9.17) is 11.6 Å². The zero-order valence-corrected chi connectivity index (χ0v) is 21.1. The number of nitrogens with one attached hydrogen (secondary N) is 1. The van der Waals surface area contributed by atoms with Crippen LogP contribution in [0.4, 0.5) is 11.4 Å². The second-order valence-corrected chi connectivity index (χ2v) is 10.8. The van der Waals surface area contributed by atoms with Crippen molar-refractivity contribution in [2.24, 2.45) is 0 Å². The maximum absolute atomic E-state index is 13.2. The number of halogens is 1. The average molecular weight is 498 g/mol. The van der Waals surface area contributed by atoms with Gasteiger partial charge in [-0.05, 0) is 68.3 Å². The van der Waals surface area contributed by atoms with Gasteiger partial charge in [-0.3, -0.25) is 9.52 Å². The van der Waals surface area contributed by atoms with Gasteiger partial charge in [0, 0.05) is 42.5 Å². The Morgan fingerprint density at radius 3 is 2.29 bits per heavy atom. The number of aryl methyl sites for hydroxylation is 3. The Morgan fingerprint density at radius 1 is 0.882 bits per heavy atom. The van der Waals surface area contributed by atoms with Crippen LogP contribution in [0.25, 0.3) is 0 Å². The maximum Gasteiger partial charge on any atom is 0.262 e. The van der Waals surface area contributed by atoms with Crippen LogP contribution in [0.3, 0.4) is 0 Å². The topological polar surface area (TPSA) is 69.7 Å². The maximum atomic E-state index is 13.2. The summed E-state index contributed by atoms with van der Waals surface area (Å²) in [6.07, 6.45) is 0. The second kappa shape index (κ2) is 9.68. The average Bonchev–Trinajstić information content (AvgIpc) is 2.81. The number of rotatable bonds is 5. The number of carbonyl (C=O) groups is 1. The van der Waals surface area contributed by atoms with Crippen LogP contribution in [-0.2, 0) is 10.0 Å². The summed E-state index contributed by atoms with van der Waals surface area (Å²) < 4.78 is 29.0. The molecule has 0 aromatic heterocycles. The lowest BCUT2D eigenvalue weighted by molar-refractivity contribution is 0.0746. The lowest BCUT2D eigenvalue weighted by Crippen LogP contribution is -2.48. The Bertz CT molecular complexity index is 1330. The fourth-order valence-corrected chi connectivity index (χ4v) is 5.76. The molecule has 4 rings (SSSR count). The van der Waals surface area contributed by atoms with Gasteiger partial charge in [0.1, 0.15) is 0 Å². The van der Waals surface area contributed by atoms with E-state index >= 15 is 0 Å². The highest BCUT2D eigenvalue weighted by Crippen LogP contribution is 2.25. The van der Waals surface area contributed by atoms with Gasteiger partial charge < -0.3 is 9.80 Å². The van der Waals surface area contributed by atoms with Gasteiger partial charge >= 0.3 is 0 Å². The van der Waals surface area contributed by atoms with Crippen molar-refractivity contribution in [2.45, 2.75) is 25.7 Å². The van der Waals surface area contributed by atoms with E-state index in [0.717, 1.165) is 16.8 Å². The van der Waals surface area contributed by atoms with Crippen molar-refractivity contribution < 1.29 is 13.2 Å². The Morgan fingerprint density at radius 2 is 1.62 bits per heavy atom. The number of hydrogen-bond acceptors (Lipinski definition) is 4. The van der Waals surface area contributed by atoms with Gasteiger partial charge in [0.15, 0.2) is 0 Å². The van der Waals surface area contributed by atoms with Crippen LogP contribution in [-0.4, -0.2) is 45.4 Å². The molecule has 1 aliphatic rings. The van der Waals surface area contributed by atoms with Crippen molar-refractivity contribution in [3.8, 4) is 0 Å². The molecule has 6 nitrogen and oxygen atoms in total. The Kier molecular flexibility index (Phi) is 6.86. The zero-order chi connectivity index (χ0) is 24.5. The number of amides is 1. The summed E-state index contributed by atoms with van der Waals surface area (Å²) in [5, 5.41) is 0.679. The van der Waals surface area contributed by atoms with E-state index in [2.05, 4.69) is 9.62 Å². The summed E-state index contributed by atoms with van der Waals surface area (Å²) in [5.41, 5.74) is 4.40. The molecule has 1 N–H and O–H groups in total. The van der Waals surface area contributed by atoms with Crippen molar-refractivity contribution in [3.63, 3.8) is 0 Å². The third-order valence-electron chi connectivity index (χ3n) is 6.09. The van der Waals surface area contributed by atoms with Crippen LogP contribution < -0.4 is 9.62 Å². The number of anilines is 2. The first-order valence-electron chi connectivity index (χ1n) is 11.1. The molecular formula is C26H28ClN3O3S. The second-order valence-electron chi connectivity index (χ2n) is 8.66. The molecule has 34 heavy (non-hydrogen) atoms. The Labute approximate surface area is 206 Å². The molecule has 0 unspecified atom stereocenters. The van der Waals surface area contributed by atoms with Crippen LogP contribution in [0.2, 0.25) is 5.02 Å². The highest BCUT2D eigenvalue weighted by atomic mass is 35.5. The number of nitrogens with zero attached hydrogens (tertiary/aromatic N) is 2. The number of piperazine rings is 1. The molecule has 1 aliphatic heterocycles. The zero-order valence-electron chi connectivity index (χ0n) is 19.5. The van der Waals surface area contributed by atoms with E-state index in [1.807, 2.05) is 50.2 Å². The molecule has 3 aromatic rings. The van der Waals surface area contributed by atoms with Crippen LogP contribution in [0.15, 0.2) is 65.6 Å². The molecular weight excluding hydrogens is 470 g/mol. The van der Waals surface area contributed by atoms with Crippen LogP contribution in [0.1, 0.15) is 27.0 Å². The Balaban J connectivity index is 1.51. The van der Waals surface area contributed by atoms with Gasteiger partial charge in [0.25, 0.3) is 15.9 Å². The SMILES string of the molecule is Cc1ccc(NS(=O)(=O)c2cc(C(=O)N3CCN(c4cccc(Cl)c4)CC3)ccc2C)c(C)c1. The molecule has 1 saturated heterocycles. The largest absolute Gasteiger partial charge is 0.368 e. The highest BCUT2D eigenvalue weighted by molar-refractivity contribution is 7.92. The first-order valence-corrected chi connectivity index (χ1v) is 13.0. The van der Waals surface area contributed by atoms with Gasteiger partial charge in [-0.15, -0.1) is 0 Å². The molecule has 0 spiro atoms. The minimum Gasteiger partial charge on any atom is -0.368 e. The third kappa shape index (κ3) is 5.21. The minimum absolute atomic E-state index is 0.107. The molecule has 0 saturated carbocycles. The fraction of sp³-hybridized carbons (Fsp3) is 0.269. The molecule has 0 aliphatic carbocycles. The van der Waals surface area contributed by atoms with Crippen molar-refractivity contribution in [1.82, 2.24) is 4.90 Å². The first kappa shape index (κ1) is 24.1. The van der Waals surface area contributed by atoms with Crippen LogP contribution >= 0.6 is 11.6 Å². The highest BCUT2D eigenvalue weighted by Gasteiger charge is 2.25. The monoisotopic (exact) mass is 497 g/mol. The Hall–Kier alpha value is -3.03. The lowest BCUT2D eigenvalue weighted by atomic mass is 10.1. The van der Waals surface area contributed by atoms with E-state index in [-0.39, 0.29) is 10.8 Å². The van der Waals surface area contributed by atoms with E-state index in [9.17, 15) is 13.2 Å². The summed E-state index contributed by atoms with van der Waals surface area (Å²) in [6, 6.07) is 18.1. The molecule has 0 radical (unpaired) electrons. The summed E-state index contributed by atoms with van der Waals surface area (Å²) in [6.45, 7) is 7.99. The van der Waals surface area contributed by atoms with E-state index in [0.29, 0.717) is 48.0 Å². The number of benzene rings is 3. The number of sulfonamides is 1. The molecule has 1 amide bonds. The molecule has 0 bridgehead atoms. The summed E-state index contributed by atoms with van der Waals surface area (Å²) >= 11 is 6.11. The molecule has 1 heterocycles. The number of hydrogen-bond donors (Lipinski definition) is 1. The molecule has 1 fully saturated rings. The normalized spacial score (nSPS) is 14.2. The van der Waals surface area contributed by atoms with Gasteiger partial charge in [0.05, 0.1) is 10.6 Å². The quantitative estimate of drug-likeness (QED) is 0.537. The fourth-order valence-electron chi connectivity index (χ4n) is 4.17. The predicted octanol–water partition coefficient (Wildman–Crippen LogP) is 5.03. The molecule has 8 heteroatoms. The van der Waals surface area contributed by atoms with Crippen LogP contribution in [0, 0.1) is 20.8 Å². The summed E-state index contributed by atoms with van der Waals surface area (Å²) in [7, 11) is -3.86. The molecule has 3 aromatic carbocycles. The van der Waals surface area contributed by atoms with E-state index in [1.165, 1.54) is 6.07 Å². The van der Waals surface area contributed by atoms with Gasteiger partial charge in [0.2, 0.25) is 0 Å². The molecule has 178 valence electrons. The van der Waals surface area contributed by atoms with Crippen molar-refractivity contribution in [1.29, 1.82) is 0 Å². The van der Waals surface area contributed by atoms with Gasteiger partial charge in [-0.2, -0.15) is 0 Å². The number of carbonyl (C=O) groups excluding carboxylic acids is 1.